The van der Waals surface area contributed by atoms with Gasteiger partial charge in [0, 0.05) is 32.4 Å². The summed E-state index contributed by atoms with van der Waals surface area (Å²) in [5.41, 5.74) is -0.462. The molecule has 184 valence electrons. The first kappa shape index (κ1) is 25.1. The largest absolute Gasteiger partial charge is 0.493 e. The van der Waals surface area contributed by atoms with Crippen LogP contribution in [0.4, 0.5) is 0 Å². The highest BCUT2D eigenvalue weighted by molar-refractivity contribution is 5.94. The molecule has 0 unspecified atom stereocenters. The predicted molar refractivity (Wildman–Crippen MR) is 122 cm³/mol. The second-order valence-electron chi connectivity index (χ2n) is 7.05. The van der Waals surface area contributed by atoms with Crippen LogP contribution in [-0.2, 0) is 14.4 Å². The maximum absolute atomic E-state index is 13.5. The number of rotatable bonds is 7. The van der Waals surface area contributed by atoms with Gasteiger partial charge in [-0.25, -0.2) is 0 Å². The Kier molecular flexibility index (Phi) is 7.28. The molecule has 0 radical (unpaired) electrons. The van der Waals surface area contributed by atoms with Crippen LogP contribution in [0.3, 0.4) is 0 Å². The Labute approximate surface area is 199 Å². The normalized spacial score (nSPS) is 10.5. The van der Waals surface area contributed by atoms with Crippen LogP contribution in [0.5, 0.6) is 34.5 Å². The number of fused-ring (bicyclic) bond motifs is 1. The minimum Gasteiger partial charge on any atom is -0.493 e. The highest BCUT2D eigenvalue weighted by atomic mass is 16.6. The molecule has 1 aromatic heterocycles. The summed E-state index contributed by atoms with van der Waals surface area (Å²) in [6.45, 7) is 3.48. The van der Waals surface area contributed by atoms with Crippen molar-refractivity contribution in [2.24, 2.45) is 0 Å². The van der Waals surface area contributed by atoms with Crippen molar-refractivity contribution >= 4 is 28.9 Å². The van der Waals surface area contributed by atoms with Gasteiger partial charge in [-0.3, -0.25) is 19.2 Å². The maximum atomic E-state index is 13.5. The molecule has 0 aliphatic carbocycles. The molecule has 0 saturated heterocycles. The van der Waals surface area contributed by atoms with Gasteiger partial charge in [0.05, 0.1) is 21.3 Å². The van der Waals surface area contributed by atoms with E-state index in [0.29, 0.717) is 5.56 Å². The van der Waals surface area contributed by atoms with Gasteiger partial charge in [0.15, 0.2) is 28.8 Å². The second-order valence-corrected chi connectivity index (χ2v) is 7.05. The van der Waals surface area contributed by atoms with E-state index in [4.69, 9.17) is 32.8 Å². The van der Waals surface area contributed by atoms with Crippen LogP contribution in [-0.4, -0.2) is 39.2 Å². The zero-order valence-electron chi connectivity index (χ0n) is 19.8. The first-order valence-corrected chi connectivity index (χ1v) is 10.1. The molecule has 0 amide bonds. The lowest BCUT2D eigenvalue weighted by molar-refractivity contribution is -0.134. The lowest BCUT2D eigenvalue weighted by Gasteiger charge is -2.16. The maximum Gasteiger partial charge on any atom is 0.308 e. The minimum absolute atomic E-state index is 0.0166. The first-order chi connectivity index (χ1) is 16.6. The Morgan fingerprint density at radius 1 is 0.686 bits per heavy atom. The van der Waals surface area contributed by atoms with Crippen molar-refractivity contribution in [3.05, 3.63) is 34.5 Å². The molecule has 11 heteroatoms. The molecule has 0 N–H and O–H groups in total. The fourth-order valence-electron chi connectivity index (χ4n) is 3.32. The Bertz CT molecular complexity index is 1380. The fourth-order valence-corrected chi connectivity index (χ4v) is 3.32. The number of ether oxygens (including phenoxy) is 6. The molecular formula is C24H22O11. The zero-order valence-corrected chi connectivity index (χ0v) is 19.8. The lowest BCUT2D eigenvalue weighted by Crippen LogP contribution is -2.14. The standard InChI is InChI=1S/C24H22O11/c1-11(25)32-16-9-14(7-8-15(16)29-4)21-24(31-6)20(28)19-17(35-21)10-18(30-5)22(33-12(2)26)23(19)34-13(3)27/h7-10H,1-6H3. The number of methoxy groups -OCH3 is 3. The van der Waals surface area contributed by atoms with E-state index < -0.39 is 23.3 Å². The van der Waals surface area contributed by atoms with Crippen LogP contribution in [0.1, 0.15) is 20.8 Å². The highest BCUT2D eigenvalue weighted by Gasteiger charge is 2.28. The fraction of sp³-hybridized carbons (Fsp3) is 0.250. The molecule has 1 heterocycles. The molecule has 3 aromatic rings. The van der Waals surface area contributed by atoms with Crippen molar-refractivity contribution in [1.82, 2.24) is 0 Å². The molecule has 2 aromatic carbocycles. The summed E-state index contributed by atoms with van der Waals surface area (Å²) in [5.74, 6) is -2.67. The molecule has 0 saturated carbocycles. The van der Waals surface area contributed by atoms with Crippen LogP contribution in [0, 0.1) is 0 Å². The van der Waals surface area contributed by atoms with E-state index in [1.165, 1.54) is 46.5 Å². The van der Waals surface area contributed by atoms with E-state index in [-0.39, 0.29) is 51.2 Å². The summed E-state index contributed by atoms with van der Waals surface area (Å²) in [6, 6.07) is 5.83. The Balaban J connectivity index is 2.40. The van der Waals surface area contributed by atoms with Crippen molar-refractivity contribution in [3.8, 4) is 45.8 Å². The average Bonchev–Trinajstić information content (AvgIpc) is 2.79. The SMILES string of the molecule is COc1ccc(-c2oc3cc(OC)c(OC(C)=O)c(OC(C)=O)c3c(=O)c2OC)cc1OC(C)=O. The van der Waals surface area contributed by atoms with Crippen molar-refractivity contribution in [2.45, 2.75) is 20.8 Å². The number of hydrogen-bond acceptors (Lipinski definition) is 11. The van der Waals surface area contributed by atoms with Gasteiger partial charge < -0.3 is 32.8 Å². The third-order valence-corrected chi connectivity index (χ3v) is 4.61. The van der Waals surface area contributed by atoms with Gasteiger partial charge in [0.25, 0.3) is 0 Å². The number of esters is 3. The van der Waals surface area contributed by atoms with Crippen LogP contribution in [0.15, 0.2) is 33.5 Å². The molecule has 0 fully saturated rings. The van der Waals surface area contributed by atoms with Crippen LogP contribution >= 0.6 is 0 Å². The smallest absolute Gasteiger partial charge is 0.308 e. The van der Waals surface area contributed by atoms with E-state index in [1.807, 2.05) is 0 Å². The Morgan fingerprint density at radius 3 is 1.83 bits per heavy atom. The topological polar surface area (TPSA) is 137 Å². The van der Waals surface area contributed by atoms with Gasteiger partial charge in [-0.2, -0.15) is 0 Å². The monoisotopic (exact) mass is 486 g/mol. The van der Waals surface area contributed by atoms with Gasteiger partial charge in [-0.1, -0.05) is 0 Å². The van der Waals surface area contributed by atoms with Gasteiger partial charge in [-0.05, 0) is 18.2 Å². The van der Waals surface area contributed by atoms with Crippen molar-refractivity contribution in [2.75, 3.05) is 21.3 Å². The van der Waals surface area contributed by atoms with E-state index >= 15 is 0 Å². The molecule has 0 aliphatic heterocycles. The van der Waals surface area contributed by atoms with Gasteiger partial charge in [-0.15, -0.1) is 0 Å². The van der Waals surface area contributed by atoms with Crippen LogP contribution in [0.2, 0.25) is 0 Å². The number of benzene rings is 2. The Hall–Kier alpha value is -4.54. The molecule has 0 aliphatic rings. The van der Waals surface area contributed by atoms with Gasteiger partial charge >= 0.3 is 17.9 Å². The summed E-state index contributed by atoms with van der Waals surface area (Å²) >= 11 is 0. The van der Waals surface area contributed by atoms with Crippen molar-refractivity contribution in [1.29, 1.82) is 0 Å². The summed E-state index contributed by atoms with van der Waals surface area (Å²) in [5, 5.41) is -0.216. The Morgan fingerprint density at radius 2 is 1.29 bits per heavy atom. The van der Waals surface area contributed by atoms with E-state index in [0.717, 1.165) is 13.8 Å². The van der Waals surface area contributed by atoms with Gasteiger partial charge in [0.1, 0.15) is 11.0 Å². The first-order valence-electron chi connectivity index (χ1n) is 10.1. The third-order valence-electron chi connectivity index (χ3n) is 4.61. The zero-order chi connectivity index (χ0) is 25.9. The van der Waals surface area contributed by atoms with Crippen LogP contribution in [0.25, 0.3) is 22.3 Å². The van der Waals surface area contributed by atoms with Crippen molar-refractivity contribution < 1.29 is 47.2 Å². The molecular weight excluding hydrogens is 464 g/mol. The molecule has 0 spiro atoms. The van der Waals surface area contributed by atoms with E-state index in [2.05, 4.69) is 0 Å². The highest BCUT2D eigenvalue weighted by Crippen LogP contribution is 2.45. The lowest BCUT2D eigenvalue weighted by atomic mass is 10.1. The molecule has 35 heavy (non-hydrogen) atoms. The molecule has 0 bridgehead atoms. The number of carbonyl (C=O) groups excluding carboxylic acids is 3. The number of carbonyl (C=O) groups is 3. The second kappa shape index (κ2) is 10.2. The van der Waals surface area contributed by atoms with Crippen LogP contribution < -0.4 is 33.8 Å². The molecule has 11 nitrogen and oxygen atoms in total. The quantitative estimate of drug-likeness (QED) is 0.359. The average molecular weight is 486 g/mol. The van der Waals surface area contributed by atoms with Gasteiger partial charge in [0.2, 0.25) is 16.9 Å². The van der Waals surface area contributed by atoms with E-state index in [9.17, 15) is 19.2 Å². The summed E-state index contributed by atoms with van der Waals surface area (Å²) in [6.07, 6.45) is 0. The molecule has 3 rings (SSSR count). The van der Waals surface area contributed by atoms with Crippen molar-refractivity contribution in [3.63, 3.8) is 0 Å². The summed E-state index contributed by atoms with van der Waals surface area (Å²) in [7, 11) is 3.95. The summed E-state index contributed by atoms with van der Waals surface area (Å²) < 4.78 is 37.4. The van der Waals surface area contributed by atoms with E-state index in [1.54, 1.807) is 6.07 Å². The number of hydrogen-bond donors (Lipinski definition) is 0. The summed E-state index contributed by atoms with van der Waals surface area (Å²) in [4.78, 5) is 48.5. The minimum atomic E-state index is -0.781. The third kappa shape index (κ3) is 5.03. The molecule has 0 atom stereocenters. The predicted octanol–water partition coefficient (Wildman–Crippen LogP) is 3.26.